The number of benzene rings is 1. The molecule has 1 saturated carbocycles. The second-order valence-electron chi connectivity index (χ2n) is 7.61. The first-order valence-electron chi connectivity index (χ1n) is 9.94. The highest BCUT2D eigenvalue weighted by atomic mass is 16.6. The van der Waals surface area contributed by atoms with E-state index in [1.54, 1.807) is 18.2 Å². The molecule has 8 nitrogen and oxygen atoms in total. The molecular formula is C21H23NO7. The number of amides is 2. The number of ether oxygens (including phenoxy) is 3. The van der Waals surface area contributed by atoms with Gasteiger partial charge in [0.05, 0.1) is 11.8 Å². The van der Waals surface area contributed by atoms with E-state index >= 15 is 0 Å². The molecule has 1 aromatic rings. The van der Waals surface area contributed by atoms with Gasteiger partial charge in [0.25, 0.3) is 0 Å². The van der Waals surface area contributed by atoms with Crippen LogP contribution in [0, 0.1) is 11.8 Å². The van der Waals surface area contributed by atoms with Gasteiger partial charge in [-0.2, -0.15) is 0 Å². The Bertz CT molecular complexity index is 841. The Hall–Kier alpha value is -2.90. The van der Waals surface area contributed by atoms with Crippen LogP contribution in [0.1, 0.15) is 43.0 Å². The van der Waals surface area contributed by atoms with Crippen LogP contribution in [0.25, 0.3) is 0 Å². The zero-order valence-corrected chi connectivity index (χ0v) is 16.2. The van der Waals surface area contributed by atoms with Gasteiger partial charge in [-0.25, -0.2) is 4.79 Å². The van der Waals surface area contributed by atoms with E-state index in [0.717, 1.165) is 17.7 Å². The van der Waals surface area contributed by atoms with Gasteiger partial charge in [0.15, 0.2) is 23.9 Å². The first-order valence-corrected chi connectivity index (χ1v) is 9.94. The maximum Gasteiger partial charge on any atom is 0.329 e. The molecule has 0 spiro atoms. The number of nitrogens with zero attached hydrogens (tertiary/aromatic N) is 1. The molecule has 2 fully saturated rings. The van der Waals surface area contributed by atoms with E-state index in [1.807, 2.05) is 0 Å². The molecular weight excluding hydrogens is 378 g/mol. The summed E-state index contributed by atoms with van der Waals surface area (Å²) < 4.78 is 16.0. The smallest absolute Gasteiger partial charge is 0.329 e. The lowest BCUT2D eigenvalue weighted by Gasteiger charge is -2.21. The predicted molar refractivity (Wildman–Crippen MR) is 99.5 cm³/mol. The Morgan fingerprint density at radius 3 is 2.34 bits per heavy atom. The summed E-state index contributed by atoms with van der Waals surface area (Å²) >= 11 is 0. The highest BCUT2D eigenvalue weighted by Crippen LogP contribution is 2.39. The van der Waals surface area contributed by atoms with Crippen molar-refractivity contribution in [2.45, 2.75) is 38.6 Å². The van der Waals surface area contributed by atoms with Gasteiger partial charge in [-0.1, -0.05) is 12.8 Å². The zero-order valence-electron chi connectivity index (χ0n) is 16.2. The van der Waals surface area contributed by atoms with Crippen LogP contribution in [-0.2, 0) is 19.1 Å². The minimum absolute atomic E-state index is 0.303. The van der Waals surface area contributed by atoms with Crippen LogP contribution in [-0.4, -0.2) is 54.3 Å². The molecule has 1 aromatic carbocycles. The number of ketones is 1. The average Bonchev–Trinajstić information content (AvgIpc) is 3.01. The molecule has 1 aliphatic carbocycles. The van der Waals surface area contributed by atoms with Crippen molar-refractivity contribution < 1.29 is 33.4 Å². The quantitative estimate of drug-likeness (QED) is 0.421. The van der Waals surface area contributed by atoms with Crippen LogP contribution in [0.3, 0.4) is 0 Å². The molecule has 4 rings (SSSR count). The number of carbonyl (C=O) groups excluding carboxylic acids is 4. The molecule has 29 heavy (non-hydrogen) atoms. The minimum atomic E-state index is -1.05. The van der Waals surface area contributed by atoms with E-state index < -0.39 is 24.4 Å². The van der Waals surface area contributed by atoms with E-state index in [9.17, 15) is 19.2 Å². The minimum Gasteiger partial charge on any atom is -0.486 e. The van der Waals surface area contributed by atoms with E-state index in [0.29, 0.717) is 43.1 Å². The monoisotopic (exact) mass is 401 g/mol. The predicted octanol–water partition coefficient (Wildman–Crippen LogP) is 1.75. The maximum atomic E-state index is 12.6. The zero-order chi connectivity index (χ0) is 20.5. The lowest BCUT2D eigenvalue weighted by atomic mass is 9.81. The number of imide groups is 1. The summed E-state index contributed by atoms with van der Waals surface area (Å²) in [6.07, 6.45) is 3.18. The summed E-state index contributed by atoms with van der Waals surface area (Å²) in [7, 11) is 0. The van der Waals surface area contributed by atoms with Crippen LogP contribution in [0.4, 0.5) is 0 Å². The summed E-state index contributed by atoms with van der Waals surface area (Å²) in [6.45, 7) is 1.83. The molecule has 0 N–H and O–H groups in total. The van der Waals surface area contributed by atoms with Gasteiger partial charge in [0.1, 0.15) is 19.3 Å². The van der Waals surface area contributed by atoms with Crippen molar-refractivity contribution in [2.24, 2.45) is 11.8 Å². The van der Waals surface area contributed by atoms with Crippen molar-refractivity contribution in [3.8, 4) is 11.5 Å². The molecule has 0 bridgehead atoms. The second kappa shape index (κ2) is 7.85. The normalized spacial score (nSPS) is 24.1. The third-order valence-corrected chi connectivity index (χ3v) is 5.81. The Morgan fingerprint density at radius 2 is 1.69 bits per heavy atom. The molecule has 8 heteroatoms. The molecule has 0 unspecified atom stereocenters. The molecule has 0 radical (unpaired) electrons. The summed E-state index contributed by atoms with van der Waals surface area (Å²) in [5, 5.41) is 0. The summed E-state index contributed by atoms with van der Waals surface area (Å²) in [5.41, 5.74) is 0.328. The lowest BCUT2D eigenvalue weighted by molar-refractivity contribution is -0.157. The topological polar surface area (TPSA) is 99.2 Å². The van der Waals surface area contributed by atoms with E-state index in [2.05, 4.69) is 0 Å². The van der Waals surface area contributed by atoms with Crippen molar-refractivity contribution in [3.63, 3.8) is 0 Å². The highest BCUT2D eigenvalue weighted by molar-refractivity contribution is 6.08. The molecule has 0 aromatic heterocycles. The Labute approximate surface area is 168 Å². The number of hydrogen-bond acceptors (Lipinski definition) is 7. The molecule has 2 aliphatic heterocycles. The number of carbonyl (C=O) groups is 4. The maximum absolute atomic E-state index is 12.6. The molecule has 3 atom stereocenters. The van der Waals surface area contributed by atoms with Crippen LogP contribution >= 0.6 is 0 Å². The number of hydrogen-bond donors (Lipinski definition) is 0. The average molecular weight is 401 g/mol. The van der Waals surface area contributed by atoms with Crippen molar-refractivity contribution >= 4 is 23.6 Å². The summed E-state index contributed by atoms with van der Waals surface area (Å²) in [4.78, 5) is 51.0. The fraction of sp³-hybridized carbons (Fsp3) is 0.524. The van der Waals surface area contributed by atoms with Crippen LogP contribution < -0.4 is 9.47 Å². The van der Waals surface area contributed by atoms with Gasteiger partial charge in [0.2, 0.25) is 11.8 Å². The second-order valence-corrected chi connectivity index (χ2v) is 7.61. The fourth-order valence-electron chi connectivity index (χ4n) is 4.23. The van der Waals surface area contributed by atoms with Gasteiger partial charge in [-0.15, -0.1) is 0 Å². The number of likely N-dealkylation sites (tertiary alicyclic amines) is 1. The number of rotatable bonds is 5. The van der Waals surface area contributed by atoms with Gasteiger partial charge in [-0.05, 0) is 38.0 Å². The van der Waals surface area contributed by atoms with Crippen molar-refractivity contribution in [3.05, 3.63) is 23.8 Å². The first-order chi connectivity index (χ1) is 14.0. The molecule has 2 amide bonds. The third kappa shape index (κ3) is 3.59. The molecule has 1 saturated heterocycles. The highest BCUT2D eigenvalue weighted by Gasteiger charge is 2.51. The summed E-state index contributed by atoms with van der Waals surface area (Å²) in [6, 6.07) is 3.71. The van der Waals surface area contributed by atoms with Crippen molar-refractivity contribution in [1.82, 2.24) is 4.90 Å². The van der Waals surface area contributed by atoms with Crippen LogP contribution in [0.2, 0.25) is 0 Å². The standard InChI is InChI=1S/C21H23NO7/c1-12(22-19(24)14-4-2-3-5-15(14)20(22)25)21(26)29-11-16(23)13-6-7-17-18(10-13)28-9-8-27-17/h6-7,10,12,14-15H,2-5,8-9,11H2,1H3/t12-,14-,15-/m0/s1. The van der Waals surface area contributed by atoms with E-state index in [4.69, 9.17) is 14.2 Å². The Kier molecular flexibility index (Phi) is 5.25. The SMILES string of the molecule is C[C@@H](C(=O)OCC(=O)c1ccc2c(c1)OCCO2)N1C(=O)[C@H]2CCCC[C@@H]2C1=O. The lowest BCUT2D eigenvalue weighted by Crippen LogP contribution is -2.44. The van der Waals surface area contributed by atoms with Gasteiger partial charge in [-0.3, -0.25) is 19.3 Å². The first kappa shape index (κ1) is 19.4. The van der Waals surface area contributed by atoms with Gasteiger partial charge in [0, 0.05) is 5.56 Å². The largest absolute Gasteiger partial charge is 0.486 e. The Balaban J connectivity index is 1.37. The number of Topliss-reactive ketones (excluding diaryl/α,β-unsaturated/α-hetero) is 1. The van der Waals surface area contributed by atoms with Gasteiger partial charge >= 0.3 is 5.97 Å². The third-order valence-electron chi connectivity index (χ3n) is 5.81. The number of fused-ring (bicyclic) bond motifs is 2. The number of esters is 1. The molecule has 2 heterocycles. The van der Waals surface area contributed by atoms with Crippen molar-refractivity contribution in [1.29, 1.82) is 0 Å². The van der Waals surface area contributed by atoms with E-state index in [1.165, 1.54) is 6.92 Å². The van der Waals surface area contributed by atoms with Crippen molar-refractivity contribution in [2.75, 3.05) is 19.8 Å². The van der Waals surface area contributed by atoms with E-state index in [-0.39, 0.29) is 23.7 Å². The molecule has 154 valence electrons. The Morgan fingerprint density at radius 1 is 1.07 bits per heavy atom. The van der Waals surface area contributed by atoms with Crippen LogP contribution in [0.15, 0.2) is 18.2 Å². The molecule has 3 aliphatic rings. The van der Waals surface area contributed by atoms with Crippen LogP contribution in [0.5, 0.6) is 11.5 Å². The fourth-order valence-corrected chi connectivity index (χ4v) is 4.23. The summed E-state index contributed by atoms with van der Waals surface area (Å²) in [5.74, 6) is -1.41. The van der Waals surface area contributed by atoms with Gasteiger partial charge < -0.3 is 14.2 Å².